The summed E-state index contributed by atoms with van der Waals surface area (Å²) in [6.07, 6.45) is 3.49. The average Bonchev–Trinajstić information content (AvgIpc) is 2.85. The predicted molar refractivity (Wildman–Crippen MR) is 83.6 cm³/mol. The quantitative estimate of drug-likeness (QED) is 0.856. The zero-order valence-electron chi connectivity index (χ0n) is 12.7. The summed E-state index contributed by atoms with van der Waals surface area (Å²) in [5, 5.41) is 10.0. The van der Waals surface area contributed by atoms with E-state index in [1.54, 1.807) is 30.1 Å². The van der Waals surface area contributed by atoms with Gasteiger partial charge in [0.05, 0.1) is 6.20 Å². The summed E-state index contributed by atoms with van der Waals surface area (Å²) in [5.74, 6) is 1.25. The summed E-state index contributed by atoms with van der Waals surface area (Å²) >= 11 is 0. The molecule has 1 amide bonds. The maximum Gasteiger partial charge on any atom is 0.257 e. The molecule has 2 aromatic rings. The van der Waals surface area contributed by atoms with Gasteiger partial charge in [-0.15, -0.1) is 0 Å². The van der Waals surface area contributed by atoms with Gasteiger partial charge in [-0.1, -0.05) is 13.3 Å². The van der Waals surface area contributed by atoms with Crippen LogP contribution in [-0.2, 0) is 13.5 Å². The molecular formula is C15H21N5O. The Morgan fingerprint density at radius 1 is 1.33 bits per heavy atom. The van der Waals surface area contributed by atoms with E-state index >= 15 is 0 Å². The van der Waals surface area contributed by atoms with Crippen molar-refractivity contribution in [3.05, 3.63) is 35.7 Å². The van der Waals surface area contributed by atoms with Gasteiger partial charge in [0.25, 0.3) is 5.91 Å². The molecule has 6 heteroatoms. The fraction of sp³-hybridized carbons (Fsp3) is 0.400. The molecule has 0 unspecified atom stereocenters. The van der Waals surface area contributed by atoms with E-state index in [0.717, 1.165) is 30.9 Å². The molecule has 0 atom stereocenters. The van der Waals surface area contributed by atoms with Crippen LogP contribution in [0, 0.1) is 0 Å². The van der Waals surface area contributed by atoms with E-state index in [1.807, 2.05) is 13.0 Å². The molecule has 0 radical (unpaired) electrons. The van der Waals surface area contributed by atoms with Crippen LogP contribution in [0.2, 0.25) is 0 Å². The number of hydrogen-bond acceptors (Lipinski definition) is 4. The predicted octanol–water partition coefficient (Wildman–Crippen LogP) is 2.45. The maximum absolute atomic E-state index is 12.4. The zero-order valence-corrected chi connectivity index (χ0v) is 12.7. The lowest BCUT2D eigenvalue weighted by Crippen LogP contribution is -2.16. The van der Waals surface area contributed by atoms with Gasteiger partial charge in [0.15, 0.2) is 0 Å². The summed E-state index contributed by atoms with van der Waals surface area (Å²) in [5.41, 5.74) is 1.52. The van der Waals surface area contributed by atoms with Crippen LogP contribution in [0.25, 0.3) is 0 Å². The number of carbonyl (C=O) groups is 1. The molecule has 0 bridgehead atoms. The number of amides is 1. The van der Waals surface area contributed by atoms with Gasteiger partial charge in [-0.25, -0.2) is 4.98 Å². The Hall–Kier alpha value is -2.37. The highest BCUT2D eigenvalue weighted by atomic mass is 16.1. The fourth-order valence-electron chi connectivity index (χ4n) is 2.06. The van der Waals surface area contributed by atoms with Crippen molar-refractivity contribution in [3.8, 4) is 0 Å². The van der Waals surface area contributed by atoms with Gasteiger partial charge in [0, 0.05) is 30.9 Å². The van der Waals surface area contributed by atoms with Crippen LogP contribution < -0.4 is 10.6 Å². The molecule has 6 nitrogen and oxygen atoms in total. The third-order valence-electron chi connectivity index (χ3n) is 3.07. The first kappa shape index (κ1) is 15.0. The number of nitrogens with zero attached hydrogens (tertiary/aromatic N) is 3. The van der Waals surface area contributed by atoms with E-state index in [9.17, 15) is 4.79 Å². The van der Waals surface area contributed by atoms with E-state index < -0.39 is 0 Å². The Morgan fingerprint density at radius 2 is 2.14 bits per heavy atom. The monoisotopic (exact) mass is 287 g/mol. The SMILES string of the molecule is CCCc1cc(C(=O)Nc2ccnn2C)cc(NCC)n1. The molecule has 2 aromatic heterocycles. The first-order valence-corrected chi connectivity index (χ1v) is 7.18. The third kappa shape index (κ3) is 3.81. The second kappa shape index (κ2) is 6.88. The van der Waals surface area contributed by atoms with Crippen molar-refractivity contribution < 1.29 is 4.79 Å². The summed E-state index contributed by atoms with van der Waals surface area (Å²) in [7, 11) is 1.79. The summed E-state index contributed by atoms with van der Waals surface area (Å²) in [4.78, 5) is 16.9. The number of rotatable bonds is 6. The molecule has 21 heavy (non-hydrogen) atoms. The van der Waals surface area contributed by atoms with E-state index in [-0.39, 0.29) is 5.91 Å². The van der Waals surface area contributed by atoms with Crippen molar-refractivity contribution in [3.63, 3.8) is 0 Å². The first-order valence-electron chi connectivity index (χ1n) is 7.18. The summed E-state index contributed by atoms with van der Waals surface area (Å²) < 4.78 is 1.62. The lowest BCUT2D eigenvalue weighted by molar-refractivity contribution is 0.102. The van der Waals surface area contributed by atoms with Crippen LogP contribution in [0.1, 0.15) is 36.3 Å². The number of aryl methyl sites for hydroxylation is 2. The third-order valence-corrected chi connectivity index (χ3v) is 3.07. The minimum Gasteiger partial charge on any atom is -0.370 e. The number of hydrogen-bond donors (Lipinski definition) is 2. The van der Waals surface area contributed by atoms with Crippen molar-refractivity contribution in [2.45, 2.75) is 26.7 Å². The molecule has 0 aromatic carbocycles. The Kier molecular flexibility index (Phi) is 4.92. The molecule has 2 heterocycles. The van der Waals surface area contributed by atoms with E-state index in [1.165, 1.54) is 0 Å². The molecule has 0 aliphatic rings. The van der Waals surface area contributed by atoms with E-state index in [4.69, 9.17) is 0 Å². The minimum absolute atomic E-state index is 0.155. The topological polar surface area (TPSA) is 71.8 Å². The van der Waals surface area contributed by atoms with Crippen LogP contribution in [-0.4, -0.2) is 27.2 Å². The number of nitrogens with one attached hydrogen (secondary N) is 2. The molecule has 2 N–H and O–H groups in total. The van der Waals surface area contributed by atoms with Crippen LogP contribution >= 0.6 is 0 Å². The van der Waals surface area contributed by atoms with Gasteiger partial charge < -0.3 is 10.6 Å². The standard InChI is InChI=1S/C15H21N5O/c1-4-6-12-9-11(10-13(18-12)16-5-2)15(21)19-14-7-8-17-20(14)3/h7-10H,4-6H2,1-3H3,(H,16,18)(H,19,21). The normalized spacial score (nSPS) is 10.4. The summed E-state index contributed by atoms with van der Waals surface area (Å²) in [6.45, 7) is 4.87. The van der Waals surface area contributed by atoms with Crippen LogP contribution in [0.15, 0.2) is 24.4 Å². The first-order chi connectivity index (χ1) is 10.1. The highest BCUT2D eigenvalue weighted by Gasteiger charge is 2.11. The molecule has 0 saturated carbocycles. The van der Waals surface area contributed by atoms with Crippen molar-refractivity contribution in [2.75, 3.05) is 17.2 Å². The second-order valence-corrected chi connectivity index (χ2v) is 4.81. The van der Waals surface area contributed by atoms with Gasteiger partial charge in [0.1, 0.15) is 11.6 Å². The minimum atomic E-state index is -0.155. The van der Waals surface area contributed by atoms with Crippen LogP contribution in [0.4, 0.5) is 11.6 Å². The van der Waals surface area contributed by atoms with Gasteiger partial charge in [-0.2, -0.15) is 5.10 Å². The van der Waals surface area contributed by atoms with Gasteiger partial charge in [0.2, 0.25) is 0 Å². The molecule has 2 rings (SSSR count). The Balaban J connectivity index is 2.24. The Morgan fingerprint density at radius 3 is 2.76 bits per heavy atom. The Labute approximate surface area is 124 Å². The number of aromatic nitrogens is 3. The second-order valence-electron chi connectivity index (χ2n) is 4.81. The van der Waals surface area contributed by atoms with Crippen LogP contribution in [0.3, 0.4) is 0 Å². The lowest BCUT2D eigenvalue weighted by atomic mass is 10.1. The molecular weight excluding hydrogens is 266 g/mol. The van der Waals surface area contributed by atoms with Gasteiger partial charge >= 0.3 is 0 Å². The van der Waals surface area contributed by atoms with Crippen LogP contribution in [0.5, 0.6) is 0 Å². The Bertz CT molecular complexity index is 596. The van der Waals surface area contributed by atoms with Gasteiger partial charge in [-0.3, -0.25) is 9.48 Å². The van der Waals surface area contributed by atoms with Crippen molar-refractivity contribution in [1.29, 1.82) is 0 Å². The number of anilines is 2. The smallest absolute Gasteiger partial charge is 0.257 e. The molecule has 0 aliphatic heterocycles. The molecule has 0 aliphatic carbocycles. The molecule has 0 spiro atoms. The van der Waals surface area contributed by atoms with Crippen molar-refractivity contribution >= 4 is 17.5 Å². The highest BCUT2D eigenvalue weighted by Crippen LogP contribution is 2.14. The average molecular weight is 287 g/mol. The molecule has 0 saturated heterocycles. The zero-order chi connectivity index (χ0) is 15.2. The fourth-order valence-corrected chi connectivity index (χ4v) is 2.06. The number of pyridine rings is 1. The van der Waals surface area contributed by atoms with Crippen molar-refractivity contribution in [1.82, 2.24) is 14.8 Å². The molecule has 0 fully saturated rings. The van der Waals surface area contributed by atoms with Crippen molar-refractivity contribution in [2.24, 2.45) is 7.05 Å². The highest BCUT2D eigenvalue weighted by molar-refractivity contribution is 6.04. The maximum atomic E-state index is 12.4. The van der Waals surface area contributed by atoms with E-state index in [2.05, 4.69) is 27.6 Å². The lowest BCUT2D eigenvalue weighted by Gasteiger charge is -2.10. The van der Waals surface area contributed by atoms with Gasteiger partial charge in [-0.05, 0) is 25.5 Å². The molecule has 112 valence electrons. The largest absolute Gasteiger partial charge is 0.370 e. The summed E-state index contributed by atoms with van der Waals surface area (Å²) in [6, 6.07) is 5.38. The van der Waals surface area contributed by atoms with E-state index in [0.29, 0.717) is 11.4 Å². The number of carbonyl (C=O) groups excluding carboxylic acids is 1.